The van der Waals surface area contributed by atoms with E-state index in [1.165, 1.54) is 107 Å². The third kappa shape index (κ3) is 14.1. The zero-order valence-electron chi connectivity index (χ0n) is 21.9. The molecular weight excluding hydrogens is 432 g/mol. The van der Waals surface area contributed by atoms with E-state index in [-0.39, 0.29) is 5.25 Å². The molecule has 0 aliphatic heterocycles. The summed E-state index contributed by atoms with van der Waals surface area (Å²) in [7, 11) is 0. The molecule has 0 N–H and O–H groups in total. The van der Waals surface area contributed by atoms with Crippen molar-refractivity contribution in [2.75, 3.05) is 6.61 Å². The summed E-state index contributed by atoms with van der Waals surface area (Å²) in [5, 5.41) is 0.219. The first kappa shape index (κ1) is 28.8. The number of thiol groups is 1. The van der Waals surface area contributed by atoms with E-state index < -0.39 is 0 Å². The minimum absolute atomic E-state index is 0.219. The molecule has 0 saturated carbocycles. The minimum atomic E-state index is 0.219. The average molecular weight is 483 g/mol. The van der Waals surface area contributed by atoms with E-state index in [2.05, 4.69) is 61.5 Å². The lowest BCUT2D eigenvalue weighted by Gasteiger charge is -2.12. The first-order valence-electron chi connectivity index (χ1n) is 14.2. The average Bonchev–Trinajstić information content (AvgIpc) is 2.87. The van der Waals surface area contributed by atoms with Crippen LogP contribution in [0.4, 0.5) is 0 Å². The monoisotopic (exact) mass is 482 g/mol. The van der Waals surface area contributed by atoms with Gasteiger partial charge in [0.15, 0.2) is 0 Å². The van der Waals surface area contributed by atoms with E-state index in [1.807, 2.05) is 0 Å². The van der Waals surface area contributed by atoms with Crippen LogP contribution >= 0.6 is 12.6 Å². The van der Waals surface area contributed by atoms with Gasteiger partial charge < -0.3 is 4.74 Å². The number of benzene rings is 2. The van der Waals surface area contributed by atoms with Crippen LogP contribution in [0.3, 0.4) is 0 Å². The molecule has 0 heterocycles. The van der Waals surface area contributed by atoms with Crippen LogP contribution in [0.25, 0.3) is 0 Å². The number of ether oxygens (including phenoxy) is 1. The Balaban J connectivity index is 1.38. The van der Waals surface area contributed by atoms with Gasteiger partial charge in [0.2, 0.25) is 0 Å². The molecule has 2 rings (SSSR count). The van der Waals surface area contributed by atoms with Crippen molar-refractivity contribution in [2.45, 2.75) is 121 Å². The number of hydrogen-bond donors (Lipinski definition) is 1. The molecule has 190 valence electrons. The van der Waals surface area contributed by atoms with Crippen molar-refractivity contribution < 1.29 is 4.74 Å². The molecule has 0 amide bonds. The van der Waals surface area contributed by atoms with Gasteiger partial charge in [-0.2, -0.15) is 12.6 Å². The molecule has 0 spiro atoms. The lowest BCUT2D eigenvalue weighted by Crippen LogP contribution is -1.99. The Labute approximate surface area is 216 Å². The smallest absolute Gasteiger partial charge is 0.119 e. The Morgan fingerprint density at radius 3 is 1.56 bits per heavy atom. The van der Waals surface area contributed by atoms with Gasteiger partial charge in [-0.05, 0) is 36.1 Å². The van der Waals surface area contributed by atoms with E-state index in [0.29, 0.717) is 0 Å². The van der Waals surface area contributed by atoms with Crippen molar-refractivity contribution in [1.82, 2.24) is 0 Å². The molecule has 2 aromatic rings. The molecule has 0 saturated heterocycles. The van der Waals surface area contributed by atoms with Crippen LogP contribution in [0.2, 0.25) is 0 Å². The third-order valence-electron chi connectivity index (χ3n) is 6.80. The quantitative estimate of drug-likeness (QED) is 0.137. The summed E-state index contributed by atoms with van der Waals surface area (Å²) < 4.78 is 5.95. The number of hydrogen-bond acceptors (Lipinski definition) is 2. The van der Waals surface area contributed by atoms with Gasteiger partial charge in [0.05, 0.1) is 6.61 Å². The van der Waals surface area contributed by atoms with Gasteiger partial charge in [-0.3, -0.25) is 0 Å². The molecule has 0 aromatic heterocycles. The molecule has 1 nitrogen and oxygen atoms in total. The van der Waals surface area contributed by atoms with Crippen molar-refractivity contribution >= 4 is 12.6 Å². The van der Waals surface area contributed by atoms with E-state index in [1.54, 1.807) is 0 Å². The van der Waals surface area contributed by atoms with Crippen LogP contribution in [0.1, 0.15) is 126 Å². The molecular formula is C32H50OS. The molecule has 0 radical (unpaired) electrons. The fourth-order valence-electron chi connectivity index (χ4n) is 4.58. The molecule has 0 fully saturated rings. The summed E-state index contributed by atoms with van der Waals surface area (Å²) >= 11 is 4.80. The maximum absolute atomic E-state index is 5.95. The Kier molecular flexibility index (Phi) is 16.8. The highest BCUT2D eigenvalue weighted by Crippen LogP contribution is 2.26. The molecule has 1 atom stereocenters. The second-order valence-corrected chi connectivity index (χ2v) is 10.5. The highest BCUT2D eigenvalue weighted by atomic mass is 32.1. The Morgan fingerprint density at radius 1 is 0.588 bits per heavy atom. The van der Waals surface area contributed by atoms with E-state index >= 15 is 0 Å². The molecule has 0 aliphatic carbocycles. The van der Waals surface area contributed by atoms with Gasteiger partial charge in [-0.1, -0.05) is 146 Å². The molecule has 2 aromatic carbocycles. The lowest BCUT2D eigenvalue weighted by molar-refractivity contribution is 0.304. The number of rotatable bonds is 21. The largest absolute Gasteiger partial charge is 0.494 e. The van der Waals surface area contributed by atoms with Crippen molar-refractivity contribution in [3.63, 3.8) is 0 Å². The van der Waals surface area contributed by atoms with E-state index in [9.17, 15) is 0 Å². The van der Waals surface area contributed by atoms with Gasteiger partial charge in [0, 0.05) is 5.25 Å². The van der Waals surface area contributed by atoms with Gasteiger partial charge in [0.1, 0.15) is 5.75 Å². The van der Waals surface area contributed by atoms with Gasteiger partial charge >= 0.3 is 0 Å². The van der Waals surface area contributed by atoms with Crippen LogP contribution in [0.5, 0.6) is 5.75 Å². The van der Waals surface area contributed by atoms with Gasteiger partial charge in [0.25, 0.3) is 0 Å². The van der Waals surface area contributed by atoms with Crippen molar-refractivity contribution in [3.05, 3.63) is 65.7 Å². The zero-order valence-corrected chi connectivity index (χ0v) is 22.8. The molecule has 34 heavy (non-hydrogen) atoms. The minimum Gasteiger partial charge on any atom is -0.494 e. The Morgan fingerprint density at radius 2 is 1.06 bits per heavy atom. The third-order valence-corrected chi connectivity index (χ3v) is 7.28. The van der Waals surface area contributed by atoms with Crippen LogP contribution in [0, 0.1) is 0 Å². The standard InChI is InChI=1S/C32H50OS/c1-2-3-4-5-6-7-8-9-10-11-12-13-14-15-16-20-27-33-31-25-23-30(24-26-31)32(34)28-29-21-18-17-19-22-29/h17-19,21-26,32,34H,2-16,20,27-28H2,1H3. The van der Waals surface area contributed by atoms with Crippen molar-refractivity contribution in [1.29, 1.82) is 0 Å². The van der Waals surface area contributed by atoms with Crippen molar-refractivity contribution in [3.8, 4) is 5.75 Å². The highest BCUT2D eigenvalue weighted by Gasteiger charge is 2.07. The normalized spacial score (nSPS) is 12.1. The van der Waals surface area contributed by atoms with E-state index in [4.69, 9.17) is 17.4 Å². The summed E-state index contributed by atoms with van der Waals surface area (Å²) in [6, 6.07) is 19.1. The van der Waals surface area contributed by atoms with E-state index in [0.717, 1.165) is 25.2 Å². The summed E-state index contributed by atoms with van der Waals surface area (Å²) in [6.07, 6.45) is 23.3. The zero-order chi connectivity index (χ0) is 24.1. The Hall–Kier alpha value is -1.41. The topological polar surface area (TPSA) is 9.23 Å². The maximum atomic E-state index is 5.95. The molecule has 2 heteroatoms. The van der Waals surface area contributed by atoms with Crippen LogP contribution in [0.15, 0.2) is 54.6 Å². The second kappa shape index (κ2) is 19.8. The predicted molar refractivity (Wildman–Crippen MR) is 153 cm³/mol. The lowest BCUT2D eigenvalue weighted by atomic mass is 10.0. The molecule has 0 bridgehead atoms. The first-order valence-corrected chi connectivity index (χ1v) is 14.8. The second-order valence-electron chi connectivity index (χ2n) is 9.93. The maximum Gasteiger partial charge on any atom is 0.119 e. The first-order chi connectivity index (χ1) is 16.8. The number of unbranched alkanes of at least 4 members (excludes halogenated alkanes) is 15. The van der Waals surface area contributed by atoms with Gasteiger partial charge in [-0.25, -0.2) is 0 Å². The van der Waals surface area contributed by atoms with Gasteiger partial charge in [-0.15, -0.1) is 0 Å². The summed E-state index contributed by atoms with van der Waals surface area (Å²) in [6.45, 7) is 3.12. The van der Waals surface area contributed by atoms with Crippen molar-refractivity contribution in [2.24, 2.45) is 0 Å². The predicted octanol–water partition coefficient (Wildman–Crippen LogP) is 10.5. The van der Waals surface area contributed by atoms with Crippen LogP contribution < -0.4 is 4.74 Å². The van der Waals surface area contributed by atoms with Crippen LogP contribution in [-0.4, -0.2) is 6.61 Å². The molecule has 1 unspecified atom stereocenters. The fraction of sp³-hybridized carbons (Fsp3) is 0.625. The Bertz CT molecular complexity index is 697. The SMILES string of the molecule is CCCCCCCCCCCCCCCCCCOc1ccc(C(S)Cc2ccccc2)cc1. The summed E-state index contributed by atoms with van der Waals surface area (Å²) in [5.74, 6) is 0.977. The van der Waals surface area contributed by atoms with Crippen LogP contribution in [-0.2, 0) is 6.42 Å². The molecule has 0 aliphatic rings. The summed E-state index contributed by atoms with van der Waals surface area (Å²) in [5.41, 5.74) is 2.58. The summed E-state index contributed by atoms with van der Waals surface area (Å²) in [4.78, 5) is 0. The highest BCUT2D eigenvalue weighted by molar-refractivity contribution is 7.80. The fourth-order valence-corrected chi connectivity index (χ4v) is 4.96.